The number of ether oxygens (including phenoxy) is 1. The summed E-state index contributed by atoms with van der Waals surface area (Å²) >= 11 is 0. The highest BCUT2D eigenvalue weighted by atomic mass is 19.5. The Morgan fingerprint density at radius 2 is 1.46 bits per heavy atom. The van der Waals surface area contributed by atoms with Gasteiger partial charge in [0.15, 0.2) is 6.54 Å². The summed E-state index contributed by atoms with van der Waals surface area (Å²) in [5.41, 5.74) is 5.53. The molecule has 180 valence electrons. The molecule has 0 aliphatic heterocycles. The summed E-state index contributed by atoms with van der Waals surface area (Å²) in [4.78, 5) is 17.2. The van der Waals surface area contributed by atoms with E-state index in [9.17, 15) is 22.1 Å². The van der Waals surface area contributed by atoms with Crippen molar-refractivity contribution in [2.24, 2.45) is 0 Å². The van der Waals surface area contributed by atoms with Crippen molar-refractivity contribution >= 4 is 13.2 Å². The Morgan fingerprint density at radius 1 is 0.857 bits per heavy atom. The summed E-state index contributed by atoms with van der Waals surface area (Å²) in [7, 11) is -6.00. The zero-order valence-corrected chi connectivity index (χ0v) is 19.0. The fourth-order valence-electron chi connectivity index (χ4n) is 3.49. The Morgan fingerprint density at radius 3 is 2.00 bits per heavy atom. The topological polar surface area (TPSA) is 43.1 Å². The molecule has 0 saturated carbocycles. The third kappa shape index (κ3) is 7.77. The Balaban J connectivity index is 0.000000623. The third-order valence-electron chi connectivity index (χ3n) is 4.89. The molecule has 0 unspecified atom stereocenters. The molecule has 2 aromatic carbocycles. The number of pyridine rings is 2. The van der Waals surface area contributed by atoms with Gasteiger partial charge in [-0.2, -0.15) is 4.57 Å². The highest BCUT2D eigenvalue weighted by Crippen LogP contribution is 2.26. The monoisotopic (exact) mass is 482 g/mol. The third-order valence-corrected chi connectivity index (χ3v) is 4.89. The molecule has 4 rings (SSSR count). The normalized spacial score (nSPS) is 10.8. The molecule has 35 heavy (non-hydrogen) atoms. The van der Waals surface area contributed by atoms with Crippen LogP contribution < -0.4 is 4.57 Å². The molecule has 0 spiro atoms. The van der Waals surface area contributed by atoms with E-state index in [-0.39, 0.29) is 5.97 Å². The Hall–Kier alpha value is -4.01. The number of carbonyl (C=O) groups is 1. The molecule has 2 aromatic heterocycles. The molecule has 9 heteroatoms. The van der Waals surface area contributed by atoms with Gasteiger partial charge in [-0.15, -0.1) is 0 Å². The minimum Gasteiger partial charge on any atom is -0.458 e. The van der Waals surface area contributed by atoms with Crippen LogP contribution in [0.1, 0.15) is 23.0 Å². The smallest absolute Gasteiger partial charge is 0.458 e. The van der Waals surface area contributed by atoms with Crippen molar-refractivity contribution in [2.45, 2.75) is 13.5 Å². The van der Waals surface area contributed by atoms with Crippen LogP contribution in [-0.4, -0.2) is 24.8 Å². The first kappa shape index (κ1) is 25.6. The van der Waals surface area contributed by atoms with Crippen molar-refractivity contribution in [1.82, 2.24) is 4.98 Å². The second kappa shape index (κ2) is 11.9. The van der Waals surface area contributed by atoms with Gasteiger partial charge in [0.25, 0.3) is 5.69 Å². The molecule has 2 heterocycles. The van der Waals surface area contributed by atoms with E-state index < -0.39 is 7.25 Å². The first-order valence-electron chi connectivity index (χ1n) is 10.9. The molecular weight excluding hydrogens is 459 g/mol. The van der Waals surface area contributed by atoms with Crippen molar-refractivity contribution in [2.75, 3.05) is 6.61 Å². The number of halogens is 4. The maximum Gasteiger partial charge on any atom is 0.673 e. The van der Waals surface area contributed by atoms with E-state index in [1.165, 1.54) is 0 Å². The molecule has 4 nitrogen and oxygen atoms in total. The number of hydrogen-bond acceptors (Lipinski definition) is 3. The second-order valence-electron chi connectivity index (χ2n) is 7.41. The van der Waals surface area contributed by atoms with Crippen LogP contribution in [0.25, 0.3) is 22.4 Å². The van der Waals surface area contributed by atoms with Crippen LogP contribution in [-0.2, 0) is 11.3 Å². The summed E-state index contributed by atoms with van der Waals surface area (Å²) in [6.07, 6.45) is 3.57. The highest BCUT2D eigenvalue weighted by Gasteiger charge is 2.27. The molecule has 0 atom stereocenters. The lowest BCUT2D eigenvalue weighted by molar-refractivity contribution is -0.680. The van der Waals surface area contributed by atoms with Crippen LogP contribution in [0.5, 0.6) is 0 Å². The number of rotatable bonds is 6. The van der Waals surface area contributed by atoms with Crippen LogP contribution in [0.2, 0.25) is 0 Å². The molecule has 0 amide bonds. The van der Waals surface area contributed by atoms with Crippen molar-refractivity contribution in [1.29, 1.82) is 0 Å². The molecular formula is C26H23BF4N2O2. The number of nitrogens with zero attached hydrogens (tertiary/aromatic N) is 2. The van der Waals surface area contributed by atoms with Crippen molar-refractivity contribution in [3.63, 3.8) is 0 Å². The van der Waals surface area contributed by atoms with Crippen molar-refractivity contribution in [3.8, 4) is 22.4 Å². The van der Waals surface area contributed by atoms with Crippen molar-refractivity contribution in [3.05, 3.63) is 109 Å². The number of aromatic nitrogens is 2. The van der Waals surface area contributed by atoms with Gasteiger partial charge in [-0.1, -0.05) is 48.5 Å². The highest BCUT2D eigenvalue weighted by molar-refractivity contribution is 6.50. The first-order chi connectivity index (χ1) is 16.8. The van der Waals surface area contributed by atoms with E-state index in [1.807, 2.05) is 84.4 Å². The van der Waals surface area contributed by atoms with E-state index in [0.29, 0.717) is 18.8 Å². The molecule has 0 radical (unpaired) electrons. The van der Waals surface area contributed by atoms with Crippen LogP contribution in [0.4, 0.5) is 17.3 Å². The minimum atomic E-state index is -6.00. The number of hydrogen-bond donors (Lipinski definition) is 0. The lowest BCUT2D eigenvalue weighted by atomic mass is 10.0. The second-order valence-corrected chi connectivity index (χ2v) is 7.41. The summed E-state index contributed by atoms with van der Waals surface area (Å²) < 4.78 is 46.4. The average molecular weight is 482 g/mol. The van der Waals surface area contributed by atoms with E-state index in [4.69, 9.17) is 4.74 Å². The van der Waals surface area contributed by atoms with Gasteiger partial charge in [0.05, 0.1) is 6.61 Å². The maximum atomic E-state index is 13.0. The molecule has 0 aliphatic carbocycles. The van der Waals surface area contributed by atoms with E-state index in [0.717, 1.165) is 27.9 Å². The Labute approximate surface area is 201 Å². The van der Waals surface area contributed by atoms with Gasteiger partial charge in [-0.25, -0.2) is 4.79 Å². The fraction of sp³-hybridized carbons (Fsp3) is 0.115. The number of benzene rings is 2. The zero-order chi connectivity index (χ0) is 25.3. The zero-order valence-electron chi connectivity index (χ0n) is 19.0. The minimum absolute atomic E-state index is 0.321. The van der Waals surface area contributed by atoms with Gasteiger partial charge in [-0.3, -0.25) is 4.98 Å². The largest absolute Gasteiger partial charge is 0.673 e. The van der Waals surface area contributed by atoms with Crippen LogP contribution in [0, 0.1) is 0 Å². The van der Waals surface area contributed by atoms with Crippen LogP contribution >= 0.6 is 0 Å². The average Bonchev–Trinajstić information content (AvgIpc) is 2.85. The number of carbonyl (C=O) groups excluding carboxylic acids is 1. The fourth-order valence-corrected chi connectivity index (χ4v) is 3.49. The van der Waals surface area contributed by atoms with Crippen LogP contribution in [0.15, 0.2) is 97.3 Å². The van der Waals surface area contributed by atoms with E-state index in [1.54, 1.807) is 6.20 Å². The quantitative estimate of drug-likeness (QED) is 0.142. The van der Waals surface area contributed by atoms with Gasteiger partial charge in [0.2, 0.25) is 5.69 Å². The SMILES string of the molecule is CCOC(=O)c1cc(-c2ccccc2)cc(-c2ccccc2)[n+]1Cc1cccnc1.F[B-](F)(F)F. The molecule has 4 aromatic rings. The molecule has 0 aliphatic rings. The summed E-state index contributed by atoms with van der Waals surface area (Å²) in [5, 5.41) is 0. The number of esters is 1. The lowest BCUT2D eigenvalue weighted by Gasteiger charge is -2.12. The van der Waals surface area contributed by atoms with E-state index >= 15 is 0 Å². The molecule has 0 fully saturated rings. The summed E-state index contributed by atoms with van der Waals surface area (Å²) in [6.45, 7) is 2.66. The summed E-state index contributed by atoms with van der Waals surface area (Å²) in [6, 6.07) is 28.1. The first-order valence-corrected chi connectivity index (χ1v) is 10.9. The van der Waals surface area contributed by atoms with Gasteiger partial charge in [-0.05, 0) is 42.3 Å². The lowest BCUT2D eigenvalue weighted by Crippen LogP contribution is -2.44. The van der Waals surface area contributed by atoms with Crippen molar-refractivity contribution < 1.29 is 31.4 Å². The van der Waals surface area contributed by atoms with Crippen LogP contribution in [0.3, 0.4) is 0 Å². The Bertz CT molecular complexity index is 1230. The van der Waals surface area contributed by atoms with Gasteiger partial charge in [0.1, 0.15) is 0 Å². The predicted octanol–water partition coefficient (Wildman–Crippen LogP) is 6.23. The maximum absolute atomic E-state index is 13.0. The standard InChI is InChI=1S/C26H23N2O2.BF4/c1-2-30-26(29)25-17-23(21-11-5-3-6-12-21)16-24(22-13-7-4-8-14-22)28(25)19-20-10-9-15-27-18-20;2-1(3,4)5/h3-18H,2,19H2,1H3;/q+1;-1. The predicted molar refractivity (Wildman–Crippen MR) is 127 cm³/mol. The molecule has 0 saturated heterocycles. The van der Waals surface area contributed by atoms with Gasteiger partial charge >= 0.3 is 13.2 Å². The Kier molecular flexibility index (Phi) is 8.72. The summed E-state index contributed by atoms with van der Waals surface area (Å²) in [5.74, 6) is -0.337. The van der Waals surface area contributed by atoms with Gasteiger partial charge < -0.3 is 22.0 Å². The van der Waals surface area contributed by atoms with E-state index in [2.05, 4.69) is 23.2 Å². The van der Waals surface area contributed by atoms with Gasteiger partial charge in [0, 0.05) is 35.7 Å². The molecule has 0 bridgehead atoms. The molecule has 0 N–H and O–H groups in total.